The van der Waals surface area contributed by atoms with E-state index >= 15 is 0 Å². The summed E-state index contributed by atoms with van der Waals surface area (Å²) in [6.07, 6.45) is 0.354. The molecule has 0 bridgehead atoms. The quantitative estimate of drug-likeness (QED) is 0.709. The molecule has 0 aromatic carbocycles. The van der Waals surface area contributed by atoms with Gasteiger partial charge in [0.25, 0.3) is 0 Å². The summed E-state index contributed by atoms with van der Waals surface area (Å²) in [7, 11) is 1.77. The molecule has 0 N–H and O–H groups in total. The first kappa shape index (κ1) is 12.6. The third kappa shape index (κ3) is 2.23. The fourth-order valence-electron chi connectivity index (χ4n) is 1.97. The smallest absolute Gasteiger partial charge is 0.410 e. The van der Waals surface area contributed by atoms with Gasteiger partial charge in [-0.1, -0.05) is 0 Å². The van der Waals surface area contributed by atoms with Gasteiger partial charge in [0.15, 0.2) is 6.29 Å². The van der Waals surface area contributed by atoms with E-state index < -0.39 is 5.60 Å². The first-order valence-electron chi connectivity index (χ1n) is 5.79. The Labute approximate surface area is 106 Å². The summed E-state index contributed by atoms with van der Waals surface area (Å²) < 4.78 is 6.95. The number of ether oxygens (including phenoxy) is 1. The van der Waals surface area contributed by atoms with Crippen molar-refractivity contribution in [3.8, 4) is 0 Å². The molecule has 0 fully saturated rings. The van der Waals surface area contributed by atoms with E-state index in [9.17, 15) is 9.59 Å². The molecule has 6 heteroatoms. The first-order valence-corrected chi connectivity index (χ1v) is 5.79. The highest BCUT2D eigenvalue weighted by molar-refractivity contribution is 5.76. The lowest BCUT2D eigenvalue weighted by molar-refractivity contribution is 0.0238. The minimum atomic E-state index is -0.516. The predicted molar refractivity (Wildman–Crippen MR) is 64.1 cm³/mol. The molecule has 6 nitrogen and oxygen atoms in total. The molecule has 0 saturated carbocycles. The monoisotopic (exact) mass is 251 g/mol. The number of amides is 1. The second kappa shape index (κ2) is 4.12. The van der Waals surface area contributed by atoms with Crippen LogP contribution in [0.25, 0.3) is 0 Å². The van der Waals surface area contributed by atoms with Crippen LogP contribution in [0.15, 0.2) is 0 Å². The maximum Gasteiger partial charge on any atom is 0.410 e. The Hall–Kier alpha value is -1.85. The molecule has 1 amide bonds. The molecule has 1 aliphatic heterocycles. The van der Waals surface area contributed by atoms with Gasteiger partial charge < -0.3 is 4.74 Å². The fraction of sp³-hybridized carbons (Fsp3) is 0.583. The largest absolute Gasteiger partial charge is 0.444 e. The van der Waals surface area contributed by atoms with Crippen LogP contribution in [-0.4, -0.2) is 32.7 Å². The Morgan fingerprint density at radius 2 is 2.06 bits per heavy atom. The van der Waals surface area contributed by atoms with E-state index in [1.807, 2.05) is 20.8 Å². The molecular formula is C12H17N3O3. The van der Waals surface area contributed by atoms with Gasteiger partial charge in [0, 0.05) is 12.6 Å². The Morgan fingerprint density at radius 3 is 2.61 bits per heavy atom. The van der Waals surface area contributed by atoms with Crippen LogP contribution in [0.3, 0.4) is 0 Å². The van der Waals surface area contributed by atoms with Gasteiger partial charge in [-0.3, -0.25) is 14.4 Å². The van der Waals surface area contributed by atoms with Crippen molar-refractivity contribution in [1.82, 2.24) is 14.7 Å². The zero-order valence-corrected chi connectivity index (χ0v) is 11.1. The van der Waals surface area contributed by atoms with Gasteiger partial charge in [-0.15, -0.1) is 0 Å². The van der Waals surface area contributed by atoms with Crippen LogP contribution in [-0.2, 0) is 24.9 Å². The van der Waals surface area contributed by atoms with Crippen LogP contribution in [0.2, 0.25) is 0 Å². The normalized spacial score (nSPS) is 14.6. The van der Waals surface area contributed by atoms with Crippen molar-refractivity contribution in [3.63, 3.8) is 0 Å². The highest BCUT2D eigenvalue weighted by atomic mass is 16.6. The number of carbonyl (C=O) groups excluding carboxylic acids is 2. The second-order valence-electron chi connectivity index (χ2n) is 5.39. The second-order valence-corrected chi connectivity index (χ2v) is 5.39. The predicted octanol–water partition coefficient (Wildman–Crippen LogP) is 1.48. The molecule has 1 aromatic rings. The lowest BCUT2D eigenvalue weighted by Crippen LogP contribution is -2.33. The van der Waals surface area contributed by atoms with Crippen LogP contribution in [0.4, 0.5) is 4.79 Å². The maximum atomic E-state index is 11.9. The number of hydrogen-bond donors (Lipinski definition) is 0. The minimum absolute atomic E-state index is 0.365. The summed E-state index contributed by atoms with van der Waals surface area (Å²) >= 11 is 0. The van der Waals surface area contributed by atoms with Crippen molar-refractivity contribution in [2.24, 2.45) is 7.05 Å². The van der Waals surface area contributed by atoms with Crippen LogP contribution >= 0.6 is 0 Å². The topological polar surface area (TPSA) is 64.4 Å². The number of aryl methyl sites for hydroxylation is 1. The van der Waals surface area contributed by atoms with Gasteiger partial charge in [0.05, 0.1) is 18.8 Å². The molecule has 0 radical (unpaired) electrons. The number of fused-ring (bicyclic) bond motifs is 1. The van der Waals surface area contributed by atoms with E-state index in [1.54, 1.807) is 16.6 Å². The summed E-state index contributed by atoms with van der Waals surface area (Å²) in [4.78, 5) is 24.4. The van der Waals surface area contributed by atoms with Crippen molar-refractivity contribution >= 4 is 12.4 Å². The van der Waals surface area contributed by atoms with E-state index in [-0.39, 0.29) is 6.09 Å². The maximum absolute atomic E-state index is 11.9. The van der Waals surface area contributed by atoms with E-state index in [0.717, 1.165) is 17.5 Å². The Balaban J connectivity index is 2.15. The van der Waals surface area contributed by atoms with Crippen molar-refractivity contribution in [2.75, 3.05) is 0 Å². The molecule has 0 saturated heterocycles. The molecule has 0 unspecified atom stereocenters. The van der Waals surface area contributed by atoms with E-state index in [4.69, 9.17) is 4.74 Å². The van der Waals surface area contributed by atoms with Gasteiger partial charge in [0.1, 0.15) is 11.3 Å². The summed E-state index contributed by atoms with van der Waals surface area (Å²) in [5.41, 5.74) is 1.59. The summed E-state index contributed by atoms with van der Waals surface area (Å²) in [5, 5.41) is 4.09. The average Bonchev–Trinajstić information content (AvgIpc) is 2.77. The van der Waals surface area contributed by atoms with Crippen molar-refractivity contribution in [2.45, 2.75) is 39.5 Å². The Morgan fingerprint density at radius 1 is 1.39 bits per heavy atom. The van der Waals surface area contributed by atoms with Crippen LogP contribution in [0, 0.1) is 0 Å². The highest BCUT2D eigenvalue weighted by Gasteiger charge is 2.32. The van der Waals surface area contributed by atoms with Crippen molar-refractivity contribution in [1.29, 1.82) is 0 Å². The number of aromatic nitrogens is 2. The van der Waals surface area contributed by atoms with Crippen molar-refractivity contribution in [3.05, 3.63) is 17.0 Å². The minimum Gasteiger partial charge on any atom is -0.444 e. The molecule has 98 valence electrons. The van der Waals surface area contributed by atoms with Crippen LogP contribution in [0.5, 0.6) is 0 Å². The number of nitrogens with zero attached hydrogens (tertiary/aromatic N) is 3. The molecule has 1 aromatic heterocycles. The third-order valence-corrected chi connectivity index (χ3v) is 2.76. The lowest BCUT2D eigenvalue weighted by Gasteiger charge is -2.24. The van der Waals surface area contributed by atoms with Gasteiger partial charge in [0.2, 0.25) is 0 Å². The Bertz CT molecular complexity index is 499. The number of carbonyl (C=O) groups is 2. The summed E-state index contributed by atoms with van der Waals surface area (Å²) in [5.74, 6) is 0. The fourth-order valence-corrected chi connectivity index (χ4v) is 1.97. The van der Waals surface area contributed by atoms with E-state index in [1.165, 1.54) is 0 Å². The zero-order chi connectivity index (χ0) is 13.5. The number of hydrogen-bond acceptors (Lipinski definition) is 4. The summed E-state index contributed by atoms with van der Waals surface area (Å²) in [6.45, 7) is 6.29. The molecule has 1 aliphatic rings. The molecule has 0 spiro atoms. The molecule has 0 atom stereocenters. The third-order valence-electron chi connectivity index (χ3n) is 2.76. The molecular weight excluding hydrogens is 234 g/mol. The molecule has 18 heavy (non-hydrogen) atoms. The van der Waals surface area contributed by atoms with Gasteiger partial charge in [-0.2, -0.15) is 5.10 Å². The van der Waals surface area contributed by atoms with Gasteiger partial charge in [-0.05, 0) is 20.8 Å². The SMILES string of the molecule is Cn1nc(C=O)c2c1CN(C(=O)OC(C)(C)C)C2. The van der Waals surface area contributed by atoms with Crippen LogP contribution < -0.4 is 0 Å². The van der Waals surface area contributed by atoms with Crippen LogP contribution in [0.1, 0.15) is 42.5 Å². The van der Waals surface area contributed by atoms with Crippen molar-refractivity contribution < 1.29 is 14.3 Å². The van der Waals surface area contributed by atoms with Gasteiger partial charge in [-0.25, -0.2) is 4.79 Å². The average molecular weight is 251 g/mol. The summed E-state index contributed by atoms with van der Waals surface area (Å²) in [6, 6.07) is 0. The zero-order valence-electron chi connectivity index (χ0n) is 11.1. The van der Waals surface area contributed by atoms with E-state index in [2.05, 4.69) is 5.10 Å². The molecule has 2 heterocycles. The highest BCUT2D eigenvalue weighted by Crippen LogP contribution is 2.26. The number of rotatable bonds is 1. The lowest BCUT2D eigenvalue weighted by atomic mass is 10.2. The standard InChI is InChI=1S/C12H17N3O3/c1-12(2,3)18-11(17)15-5-8-9(7-16)13-14(4)10(8)6-15/h7H,5-6H2,1-4H3. The molecule has 2 rings (SSSR count). The van der Waals surface area contributed by atoms with Gasteiger partial charge >= 0.3 is 6.09 Å². The van der Waals surface area contributed by atoms with E-state index in [0.29, 0.717) is 18.8 Å². The Kier molecular flexibility index (Phi) is 2.88. The first-order chi connectivity index (χ1) is 8.31. The number of aldehydes is 1. The molecule has 0 aliphatic carbocycles.